The average Bonchev–Trinajstić information content (AvgIpc) is 2.89. The Morgan fingerprint density at radius 1 is 1.33 bits per heavy atom. The Hall–Kier alpha value is -0.0800. The fraction of sp³-hybridized carbons (Fsp3) is 1.00. The highest BCUT2D eigenvalue weighted by molar-refractivity contribution is 4.95. The molecule has 0 N–H and O–H groups in total. The number of hydrogen-bond donors (Lipinski definition) is 0. The molecule has 0 aromatic heterocycles. The number of methoxy groups -OCH3 is 1. The summed E-state index contributed by atoms with van der Waals surface area (Å²) in [5.41, 5.74) is 0.493. The molecule has 0 unspecified atom stereocenters. The van der Waals surface area contributed by atoms with Crippen molar-refractivity contribution in [2.24, 2.45) is 11.3 Å². The smallest absolute Gasteiger partial charge is 0.0523 e. The molecule has 1 aliphatic carbocycles. The lowest BCUT2D eigenvalue weighted by molar-refractivity contribution is -0.0400. The molecule has 2 nitrogen and oxygen atoms in total. The van der Waals surface area contributed by atoms with Crippen LogP contribution in [0.5, 0.6) is 0 Å². The van der Waals surface area contributed by atoms with Crippen molar-refractivity contribution < 1.29 is 9.47 Å². The van der Waals surface area contributed by atoms with Crippen molar-refractivity contribution >= 4 is 0 Å². The van der Waals surface area contributed by atoms with Crippen LogP contribution in [-0.4, -0.2) is 26.9 Å². The van der Waals surface area contributed by atoms with Gasteiger partial charge in [-0.05, 0) is 31.6 Å². The predicted octanol–water partition coefficient (Wildman–Crippen LogP) is 1.84. The van der Waals surface area contributed by atoms with Crippen molar-refractivity contribution in [2.75, 3.05) is 26.9 Å². The fourth-order valence-electron chi connectivity index (χ4n) is 2.43. The third-order valence-electron chi connectivity index (χ3n) is 3.36. The predicted molar refractivity (Wildman–Crippen MR) is 47.1 cm³/mol. The molecule has 0 atom stereocenters. The molecule has 70 valence electrons. The van der Waals surface area contributed by atoms with Gasteiger partial charge in [0.05, 0.1) is 6.61 Å². The molecule has 2 rings (SSSR count). The van der Waals surface area contributed by atoms with Crippen LogP contribution in [0.1, 0.15) is 25.7 Å². The molecule has 0 aromatic rings. The van der Waals surface area contributed by atoms with Crippen LogP contribution in [0.25, 0.3) is 0 Å². The second kappa shape index (κ2) is 3.35. The molecule has 1 heterocycles. The Kier molecular flexibility index (Phi) is 2.37. The van der Waals surface area contributed by atoms with Crippen molar-refractivity contribution in [2.45, 2.75) is 25.7 Å². The van der Waals surface area contributed by atoms with Crippen LogP contribution in [-0.2, 0) is 9.47 Å². The largest absolute Gasteiger partial charge is 0.384 e. The van der Waals surface area contributed by atoms with Crippen molar-refractivity contribution in [1.29, 1.82) is 0 Å². The summed E-state index contributed by atoms with van der Waals surface area (Å²) in [6.07, 6.45) is 5.27. The normalized spacial score (nSPS) is 28.8. The second-order valence-corrected chi connectivity index (χ2v) is 4.18. The van der Waals surface area contributed by atoms with E-state index in [0.717, 1.165) is 25.7 Å². The maximum atomic E-state index is 5.39. The summed E-state index contributed by atoms with van der Waals surface area (Å²) in [5, 5.41) is 0. The molecular formula is C10H18O2. The van der Waals surface area contributed by atoms with Gasteiger partial charge in [-0.25, -0.2) is 0 Å². The molecule has 0 aromatic carbocycles. The van der Waals surface area contributed by atoms with Gasteiger partial charge in [-0.1, -0.05) is 0 Å². The monoisotopic (exact) mass is 170 g/mol. The zero-order valence-corrected chi connectivity index (χ0v) is 7.84. The van der Waals surface area contributed by atoms with Gasteiger partial charge < -0.3 is 9.47 Å². The van der Waals surface area contributed by atoms with Gasteiger partial charge in [-0.15, -0.1) is 0 Å². The standard InChI is InChI=1S/C10H18O2/c1-11-8-10(9-2-3-9)4-6-12-7-5-10/h9H,2-8H2,1H3. The van der Waals surface area contributed by atoms with E-state index in [1.807, 2.05) is 7.11 Å². The quantitative estimate of drug-likeness (QED) is 0.643. The minimum Gasteiger partial charge on any atom is -0.384 e. The molecule has 0 amide bonds. The maximum absolute atomic E-state index is 5.39. The van der Waals surface area contributed by atoms with Gasteiger partial charge in [0.1, 0.15) is 0 Å². The summed E-state index contributed by atoms with van der Waals surface area (Å²) in [4.78, 5) is 0. The molecule has 0 bridgehead atoms. The Morgan fingerprint density at radius 2 is 2.00 bits per heavy atom. The third-order valence-corrected chi connectivity index (χ3v) is 3.36. The molecule has 2 aliphatic rings. The summed E-state index contributed by atoms with van der Waals surface area (Å²) < 4.78 is 10.7. The van der Waals surface area contributed by atoms with Crippen molar-refractivity contribution in [1.82, 2.24) is 0 Å². The molecule has 1 saturated heterocycles. The molecular weight excluding hydrogens is 152 g/mol. The van der Waals surface area contributed by atoms with Crippen LogP contribution in [0.15, 0.2) is 0 Å². The van der Waals surface area contributed by atoms with E-state index in [1.165, 1.54) is 25.7 Å². The topological polar surface area (TPSA) is 18.5 Å². The third kappa shape index (κ3) is 1.50. The lowest BCUT2D eigenvalue weighted by atomic mass is 9.76. The molecule has 0 radical (unpaired) electrons. The average molecular weight is 170 g/mol. The van der Waals surface area contributed by atoms with Crippen LogP contribution in [0.4, 0.5) is 0 Å². The summed E-state index contributed by atoms with van der Waals surface area (Å²) in [7, 11) is 1.82. The first-order valence-electron chi connectivity index (χ1n) is 4.94. The highest BCUT2D eigenvalue weighted by atomic mass is 16.5. The van der Waals surface area contributed by atoms with Gasteiger partial charge in [0.15, 0.2) is 0 Å². The van der Waals surface area contributed by atoms with Crippen LogP contribution in [0.2, 0.25) is 0 Å². The summed E-state index contributed by atoms with van der Waals surface area (Å²) in [6, 6.07) is 0. The zero-order valence-electron chi connectivity index (χ0n) is 7.84. The van der Waals surface area contributed by atoms with Crippen molar-refractivity contribution in [3.63, 3.8) is 0 Å². The maximum Gasteiger partial charge on any atom is 0.0523 e. The molecule has 1 saturated carbocycles. The first-order valence-corrected chi connectivity index (χ1v) is 4.94. The van der Waals surface area contributed by atoms with Crippen LogP contribution in [0.3, 0.4) is 0 Å². The van der Waals surface area contributed by atoms with E-state index in [4.69, 9.17) is 9.47 Å². The van der Waals surface area contributed by atoms with Gasteiger partial charge in [-0.3, -0.25) is 0 Å². The lowest BCUT2D eigenvalue weighted by Crippen LogP contribution is -2.35. The van der Waals surface area contributed by atoms with E-state index in [9.17, 15) is 0 Å². The van der Waals surface area contributed by atoms with E-state index in [-0.39, 0.29) is 0 Å². The zero-order chi connectivity index (χ0) is 8.44. The summed E-state index contributed by atoms with van der Waals surface area (Å²) in [6.45, 7) is 2.83. The minimum atomic E-state index is 0.493. The second-order valence-electron chi connectivity index (χ2n) is 4.18. The SMILES string of the molecule is COCC1(C2CC2)CCOCC1. The Bertz CT molecular complexity index is 140. The molecule has 12 heavy (non-hydrogen) atoms. The lowest BCUT2D eigenvalue weighted by Gasteiger charge is -2.36. The van der Waals surface area contributed by atoms with E-state index in [1.54, 1.807) is 0 Å². The van der Waals surface area contributed by atoms with Crippen LogP contribution < -0.4 is 0 Å². The van der Waals surface area contributed by atoms with E-state index in [2.05, 4.69) is 0 Å². The molecule has 1 aliphatic heterocycles. The molecule has 2 fully saturated rings. The van der Waals surface area contributed by atoms with Crippen LogP contribution >= 0.6 is 0 Å². The summed E-state index contributed by atoms with van der Waals surface area (Å²) in [5.74, 6) is 0.946. The van der Waals surface area contributed by atoms with Crippen molar-refractivity contribution in [3.8, 4) is 0 Å². The van der Waals surface area contributed by atoms with Gasteiger partial charge in [0.2, 0.25) is 0 Å². The van der Waals surface area contributed by atoms with Crippen LogP contribution in [0, 0.1) is 11.3 Å². The van der Waals surface area contributed by atoms with E-state index in [0.29, 0.717) is 5.41 Å². The summed E-state index contributed by atoms with van der Waals surface area (Å²) >= 11 is 0. The molecule has 2 heteroatoms. The van der Waals surface area contributed by atoms with E-state index < -0.39 is 0 Å². The first kappa shape index (κ1) is 8.52. The van der Waals surface area contributed by atoms with E-state index >= 15 is 0 Å². The highest BCUT2D eigenvalue weighted by Crippen LogP contribution is 2.51. The number of ether oxygens (including phenoxy) is 2. The van der Waals surface area contributed by atoms with Gasteiger partial charge >= 0.3 is 0 Å². The number of hydrogen-bond acceptors (Lipinski definition) is 2. The number of rotatable bonds is 3. The minimum absolute atomic E-state index is 0.493. The van der Waals surface area contributed by atoms with Gasteiger partial charge in [0, 0.05) is 25.7 Å². The van der Waals surface area contributed by atoms with Crippen molar-refractivity contribution in [3.05, 3.63) is 0 Å². The first-order chi connectivity index (χ1) is 5.87. The Balaban J connectivity index is 1.98. The van der Waals surface area contributed by atoms with Gasteiger partial charge in [-0.2, -0.15) is 0 Å². The fourth-order valence-corrected chi connectivity index (χ4v) is 2.43. The Labute approximate surface area is 74.2 Å². The van der Waals surface area contributed by atoms with Gasteiger partial charge in [0.25, 0.3) is 0 Å². The Morgan fingerprint density at radius 3 is 2.50 bits per heavy atom. The highest BCUT2D eigenvalue weighted by Gasteiger charge is 2.45. The molecule has 0 spiro atoms.